The van der Waals surface area contributed by atoms with Gasteiger partial charge in [-0.3, -0.25) is 13.9 Å². The molecule has 0 heterocycles. The summed E-state index contributed by atoms with van der Waals surface area (Å²) in [5.41, 5.74) is 4.24. The fraction of sp³-hybridized carbons (Fsp3) is 0.297. The summed E-state index contributed by atoms with van der Waals surface area (Å²) in [5.74, 6) is -0.756. The van der Waals surface area contributed by atoms with Crippen LogP contribution in [0.4, 0.5) is 5.69 Å². The normalized spacial score (nSPS) is 12.6. The van der Waals surface area contributed by atoms with E-state index in [0.29, 0.717) is 5.69 Å². The maximum atomic E-state index is 14.5. The van der Waals surface area contributed by atoms with Crippen LogP contribution in [0.25, 0.3) is 0 Å². The number of anilines is 1. The van der Waals surface area contributed by atoms with Gasteiger partial charge < -0.3 is 10.2 Å². The number of nitrogens with one attached hydrogen (secondary N) is 1. The van der Waals surface area contributed by atoms with E-state index in [1.807, 2.05) is 94.4 Å². The molecule has 236 valence electrons. The lowest BCUT2D eigenvalue weighted by molar-refractivity contribution is -0.140. The predicted molar refractivity (Wildman–Crippen MR) is 180 cm³/mol. The van der Waals surface area contributed by atoms with Crippen molar-refractivity contribution in [1.29, 1.82) is 0 Å². The third kappa shape index (κ3) is 8.82. The zero-order valence-corrected chi connectivity index (χ0v) is 27.3. The van der Waals surface area contributed by atoms with Crippen LogP contribution in [0, 0.1) is 6.92 Å². The lowest BCUT2D eigenvalue weighted by Crippen LogP contribution is -2.54. The van der Waals surface area contributed by atoms with Crippen LogP contribution in [0.3, 0.4) is 0 Å². The van der Waals surface area contributed by atoms with Gasteiger partial charge in [-0.1, -0.05) is 104 Å². The molecule has 4 rings (SSSR count). The smallest absolute Gasteiger partial charge is 0.264 e. The summed E-state index contributed by atoms with van der Waals surface area (Å²) in [6.07, 6.45) is 1.80. The van der Waals surface area contributed by atoms with Crippen molar-refractivity contribution in [2.24, 2.45) is 0 Å². The van der Waals surface area contributed by atoms with Crippen LogP contribution in [0.1, 0.15) is 49.4 Å². The number of carbonyl (C=O) groups excluding carboxylic acids is 2. The van der Waals surface area contributed by atoms with Crippen molar-refractivity contribution in [3.63, 3.8) is 0 Å². The number of nitrogens with zero attached hydrogens (tertiary/aromatic N) is 2. The van der Waals surface area contributed by atoms with Crippen molar-refractivity contribution in [2.75, 3.05) is 10.8 Å². The van der Waals surface area contributed by atoms with Crippen LogP contribution in [0.2, 0.25) is 0 Å². The Morgan fingerprint density at radius 2 is 1.33 bits per heavy atom. The van der Waals surface area contributed by atoms with Crippen LogP contribution in [0.15, 0.2) is 114 Å². The standard InChI is InChI=1S/C37H43N3O4S/c1-5-29(4)38-37(42)35(25-31-13-9-7-10-14-31)39(26-32-19-17-28(3)18-20-32)36(41)27-40(33-23-21-30(6-2)22-24-33)45(43,44)34-15-11-8-12-16-34/h7-24,29,35H,5-6,25-27H2,1-4H3,(H,38,42). The van der Waals surface area contributed by atoms with Gasteiger partial charge in [0.05, 0.1) is 10.6 Å². The Kier molecular flexibility index (Phi) is 11.5. The Labute approximate surface area is 268 Å². The van der Waals surface area contributed by atoms with Crippen molar-refractivity contribution in [3.05, 3.63) is 131 Å². The number of hydrogen-bond donors (Lipinski definition) is 1. The highest BCUT2D eigenvalue weighted by atomic mass is 32.2. The molecule has 0 aliphatic heterocycles. The summed E-state index contributed by atoms with van der Waals surface area (Å²) in [5, 5.41) is 3.07. The van der Waals surface area contributed by atoms with E-state index >= 15 is 0 Å². The fourth-order valence-electron chi connectivity index (χ4n) is 5.03. The number of amides is 2. The topological polar surface area (TPSA) is 86.8 Å². The molecule has 0 radical (unpaired) electrons. The molecule has 0 aliphatic carbocycles. The summed E-state index contributed by atoms with van der Waals surface area (Å²) >= 11 is 0. The molecule has 2 unspecified atom stereocenters. The Bertz CT molecular complexity index is 1640. The average Bonchev–Trinajstić information content (AvgIpc) is 3.06. The van der Waals surface area contributed by atoms with Crippen molar-refractivity contribution in [1.82, 2.24) is 10.2 Å². The molecule has 2 amide bonds. The fourth-order valence-corrected chi connectivity index (χ4v) is 6.47. The Balaban J connectivity index is 1.79. The second kappa shape index (κ2) is 15.5. The van der Waals surface area contributed by atoms with Crippen LogP contribution in [0.5, 0.6) is 0 Å². The van der Waals surface area contributed by atoms with Gasteiger partial charge in [0.15, 0.2) is 0 Å². The maximum absolute atomic E-state index is 14.5. The van der Waals surface area contributed by atoms with E-state index in [2.05, 4.69) is 5.32 Å². The van der Waals surface area contributed by atoms with Gasteiger partial charge in [0, 0.05) is 19.0 Å². The number of rotatable bonds is 14. The molecule has 7 nitrogen and oxygen atoms in total. The molecule has 8 heteroatoms. The molecule has 2 atom stereocenters. The van der Waals surface area contributed by atoms with Crippen molar-refractivity contribution in [3.8, 4) is 0 Å². The summed E-state index contributed by atoms with van der Waals surface area (Å²) in [6, 6.07) is 31.7. The summed E-state index contributed by atoms with van der Waals surface area (Å²) in [7, 11) is -4.12. The second-order valence-corrected chi connectivity index (χ2v) is 13.2. The number of benzene rings is 4. The lowest BCUT2D eigenvalue weighted by atomic mass is 10.0. The average molecular weight is 626 g/mol. The second-order valence-electron chi connectivity index (χ2n) is 11.4. The van der Waals surface area contributed by atoms with Gasteiger partial charge >= 0.3 is 0 Å². The van der Waals surface area contributed by atoms with E-state index in [0.717, 1.165) is 39.4 Å². The Morgan fingerprint density at radius 1 is 0.756 bits per heavy atom. The number of hydrogen-bond acceptors (Lipinski definition) is 4. The molecule has 0 bridgehead atoms. The van der Waals surface area contributed by atoms with Gasteiger partial charge in [-0.2, -0.15) is 0 Å². The molecular weight excluding hydrogens is 582 g/mol. The maximum Gasteiger partial charge on any atom is 0.264 e. The summed E-state index contributed by atoms with van der Waals surface area (Å²) in [6.45, 7) is 7.59. The van der Waals surface area contributed by atoms with Crippen LogP contribution >= 0.6 is 0 Å². The third-order valence-electron chi connectivity index (χ3n) is 7.99. The minimum Gasteiger partial charge on any atom is -0.352 e. The minimum atomic E-state index is -4.12. The molecule has 1 N–H and O–H groups in total. The van der Waals surface area contributed by atoms with Crippen molar-refractivity contribution < 1.29 is 18.0 Å². The number of sulfonamides is 1. The summed E-state index contributed by atoms with van der Waals surface area (Å²) in [4.78, 5) is 30.1. The monoisotopic (exact) mass is 625 g/mol. The minimum absolute atomic E-state index is 0.0813. The van der Waals surface area contributed by atoms with E-state index in [4.69, 9.17) is 0 Å². The first kappa shape index (κ1) is 33.5. The van der Waals surface area contributed by atoms with Crippen LogP contribution in [-0.4, -0.2) is 43.8 Å². The van der Waals surface area contributed by atoms with Crippen LogP contribution in [-0.2, 0) is 39.0 Å². The van der Waals surface area contributed by atoms with E-state index in [9.17, 15) is 18.0 Å². The molecule has 0 aliphatic rings. The van der Waals surface area contributed by atoms with Crippen LogP contribution < -0.4 is 9.62 Å². The first-order valence-corrected chi connectivity index (χ1v) is 16.9. The van der Waals surface area contributed by atoms with E-state index in [1.54, 1.807) is 30.3 Å². The van der Waals surface area contributed by atoms with E-state index in [1.165, 1.54) is 17.0 Å². The number of aryl methyl sites for hydroxylation is 2. The molecule has 0 spiro atoms. The molecule has 0 saturated heterocycles. The highest BCUT2D eigenvalue weighted by molar-refractivity contribution is 7.92. The molecule has 0 fully saturated rings. The third-order valence-corrected chi connectivity index (χ3v) is 9.78. The molecule has 4 aromatic carbocycles. The molecular formula is C37H43N3O4S. The molecule has 4 aromatic rings. The van der Waals surface area contributed by atoms with Gasteiger partial charge in [-0.05, 0) is 67.6 Å². The van der Waals surface area contributed by atoms with Crippen molar-refractivity contribution in [2.45, 2.75) is 70.5 Å². The Hall–Kier alpha value is -4.43. The highest BCUT2D eigenvalue weighted by Gasteiger charge is 2.35. The molecule has 45 heavy (non-hydrogen) atoms. The SMILES string of the molecule is CCc1ccc(N(CC(=O)N(Cc2ccc(C)cc2)C(Cc2ccccc2)C(=O)NC(C)CC)S(=O)(=O)c2ccccc2)cc1. The molecule has 0 saturated carbocycles. The zero-order valence-electron chi connectivity index (χ0n) is 26.5. The van der Waals surface area contributed by atoms with E-state index in [-0.39, 0.29) is 29.8 Å². The quantitative estimate of drug-likeness (QED) is 0.178. The van der Waals surface area contributed by atoms with Crippen molar-refractivity contribution >= 4 is 27.5 Å². The Morgan fingerprint density at radius 3 is 1.91 bits per heavy atom. The molecule has 0 aromatic heterocycles. The summed E-state index contributed by atoms with van der Waals surface area (Å²) < 4.78 is 29.3. The lowest BCUT2D eigenvalue weighted by Gasteiger charge is -2.34. The van der Waals surface area contributed by atoms with E-state index < -0.39 is 28.5 Å². The van der Waals surface area contributed by atoms with Gasteiger partial charge in [-0.25, -0.2) is 8.42 Å². The number of carbonyl (C=O) groups is 2. The highest BCUT2D eigenvalue weighted by Crippen LogP contribution is 2.26. The first-order chi connectivity index (χ1) is 21.6. The van der Waals surface area contributed by atoms with Gasteiger partial charge in [0.2, 0.25) is 11.8 Å². The van der Waals surface area contributed by atoms with Gasteiger partial charge in [0.25, 0.3) is 10.0 Å². The largest absolute Gasteiger partial charge is 0.352 e. The predicted octanol–water partition coefficient (Wildman–Crippen LogP) is 6.31. The first-order valence-electron chi connectivity index (χ1n) is 15.5. The van der Waals surface area contributed by atoms with Gasteiger partial charge in [-0.15, -0.1) is 0 Å². The zero-order chi connectivity index (χ0) is 32.4. The van der Waals surface area contributed by atoms with Gasteiger partial charge in [0.1, 0.15) is 12.6 Å².